The first-order valence-corrected chi connectivity index (χ1v) is 8.47. The number of hydrogen-bond acceptors (Lipinski definition) is 3. The van der Waals surface area contributed by atoms with E-state index in [2.05, 4.69) is 81.2 Å². The fourth-order valence-corrected chi connectivity index (χ4v) is 3.37. The molecule has 0 spiro atoms. The Labute approximate surface area is 147 Å². The van der Waals surface area contributed by atoms with Gasteiger partial charge in [0.1, 0.15) is 5.75 Å². The van der Waals surface area contributed by atoms with Gasteiger partial charge in [0.05, 0.1) is 13.2 Å². The van der Waals surface area contributed by atoms with Crippen LogP contribution in [0.15, 0.2) is 40.9 Å². The Kier molecular flexibility index (Phi) is 6.04. The summed E-state index contributed by atoms with van der Waals surface area (Å²) in [5.74, 6) is 6.68. The Bertz CT molecular complexity index is 634. The molecule has 3 N–H and O–H groups in total. The predicted octanol–water partition coefficient (Wildman–Crippen LogP) is 4.12. The van der Waals surface area contributed by atoms with Crippen LogP contribution in [0.1, 0.15) is 22.7 Å². The van der Waals surface area contributed by atoms with Gasteiger partial charge in [-0.1, -0.05) is 33.6 Å². The van der Waals surface area contributed by atoms with Gasteiger partial charge in [-0.05, 0) is 71.3 Å². The zero-order valence-corrected chi connectivity index (χ0v) is 15.7. The van der Waals surface area contributed by atoms with E-state index in [-0.39, 0.29) is 6.04 Å². The number of halogens is 2. The Morgan fingerprint density at radius 3 is 2.71 bits per heavy atom. The van der Waals surface area contributed by atoms with Gasteiger partial charge in [-0.25, -0.2) is 0 Å². The van der Waals surface area contributed by atoms with Crippen molar-refractivity contribution in [3.63, 3.8) is 0 Å². The molecule has 2 rings (SSSR count). The molecule has 1 unspecified atom stereocenters. The molecule has 21 heavy (non-hydrogen) atoms. The minimum Gasteiger partial charge on any atom is -0.496 e. The summed E-state index contributed by atoms with van der Waals surface area (Å²) in [5.41, 5.74) is 6.42. The smallest absolute Gasteiger partial charge is 0.122 e. The second-order valence-electron chi connectivity index (χ2n) is 4.90. The zero-order chi connectivity index (χ0) is 15.4. The number of nitrogens with one attached hydrogen (secondary N) is 1. The van der Waals surface area contributed by atoms with E-state index < -0.39 is 0 Å². The van der Waals surface area contributed by atoms with E-state index in [9.17, 15) is 0 Å². The van der Waals surface area contributed by atoms with Gasteiger partial charge >= 0.3 is 0 Å². The summed E-state index contributed by atoms with van der Waals surface area (Å²) < 4.78 is 7.69. The third kappa shape index (κ3) is 4.18. The molecule has 0 saturated carbocycles. The maximum absolute atomic E-state index is 5.79. The molecular formula is C16H18BrIN2O. The minimum atomic E-state index is 0.0183. The topological polar surface area (TPSA) is 47.3 Å². The van der Waals surface area contributed by atoms with Gasteiger partial charge < -0.3 is 4.74 Å². The van der Waals surface area contributed by atoms with Gasteiger partial charge in [0.2, 0.25) is 0 Å². The second kappa shape index (κ2) is 7.58. The van der Waals surface area contributed by atoms with Crippen molar-refractivity contribution in [2.24, 2.45) is 5.84 Å². The van der Waals surface area contributed by atoms with Crippen LogP contribution < -0.4 is 16.0 Å². The maximum atomic E-state index is 5.79. The molecule has 2 aromatic carbocycles. The van der Waals surface area contributed by atoms with E-state index in [1.165, 1.54) is 9.13 Å². The molecule has 0 aliphatic rings. The largest absolute Gasteiger partial charge is 0.496 e. The van der Waals surface area contributed by atoms with Crippen molar-refractivity contribution in [3.05, 3.63) is 61.1 Å². The van der Waals surface area contributed by atoms with Crippen molar-refractivity contribution in [2.75, 3.05) is 7.11 Å². The van der Waals surface area contributed by atoms with Gasteiger partial charge in [0.25, 0.3) is 0 Å². The molecule has 5 heteroatoms. The van der Waals surface area contributed by atoms with E-state index >= 15 is 0 Å². The van der Waals surface area contributed by atoms with Gasteiger partial charge in [-0.3, -0.25) is 11.3 Å². The second-order valence-corrected chi connectivity index (χ2v) is 7.00. The van der Waals surface area contributed by atoms with Crippen LogP contribution in [0.4, 0.5) is 0 Å². The highest BCUT2D eigenvalue weighted by molar-refractivity contribution is 14.1. The highest BCUT2D eigenvalue weighted by Gasteiger charge is 2.16. The lowest BCUT2D eigenvalue weighted by atomic mass is 9.97. The minimum absolute atomic E-state index is 0.0183. The Balaban J connectivity index is 2.35. The van der Waals surface area contributed by atoms with Crippen LogP contribution in [0, 0.1) is 10.5 Å². The molecule has 0 aromatic heterocycles. The summed E-state index contributed by atoms with van der Waals surface area (Å²) >= 11 is 5.91. The van der Waals surface area contributed by atoms with E-state index in [0.717, 1.165) is 27.8 Å². The molecule has 112 valence electrons. The number of nitrogens with two attached hydrogens (primary N) is 1. The number of aryl methyl sites for hydroxylation is 1. The number of hydrazine groups is 1. The lowest BCUT2D eigenvalue weighted by Gasteiger charge is -2.20. The molecule has 3 nitrogen and oxygen atoms in total. The Morgan fingerprint density at radius 2 is 2.05 bits per heavy atom. The van der Waals surface area contributed by atoms with Crippen molar-refractivity contribution in [3.8, 4) is 5.75 Å². The highest BCUT2D eigenvalue weighted by Crippen LogP contribution is 2.30. The molecule has 2 aromatic rings. The summed E-state index contributed by atoms with van der Waals surface area (Å²) in [6.45, 7) is 2.08. The summed E-state index contributed by atoms with van der Waals surface area (Å²) in [7, 11) is 1.69. The van der Waals surface area contributed by atoms with Crippen molar-refractivity contribution in [1.29, 1.82) is 0 Å². The normalized spacial score (nSPS) is 12.2. The standard InChI is InChI=1S/C16H18BrIN2O/c1-10-3-6-16(21-2)11(7-10)8-15(20-19)13-9-12(18)4-5-14(13)17/h3-7,9,15,20H,8,19H2,1-2H3. The molecule has 0 aliphatic carbocycles. The van der Waals surface area contributed by atoms with Crippen LogP contribution in [-0.2, 0) is 6.42 Å². The summed E-state index contributed by atoms with van der Waals surface area (Å²) in [6.07, 6.45) is 0.764. The fourth-order valence-electron chi connectivity index (χ4n) is 2.33. The molecule has 1 atom stereocenters. The van der Waals surface area contributed by atoms with E-state index in [0.29, 0.717) is 0 Å². The average Bonchev–Trinajstić information content (AvgIpc) is 2.47. The predicted molar refractivity (Wildman–Crippen MR) is 98.4 cm³/mol. The fraction of sp³-hybridized carbons (Fsp3) is 0.250. The van der Waals surface area contributed by atoms with E-state index in [4.69, 9.17) is 10.6 Å². The molecule has 0 amide bonds. The van der Waals surface area contributed by atoms with Crippen LogP contribution in [0.5, 0.6) is 5.75 Å². The first-order valence-electron chi connectivity index (χ1n) is 6.59. The van der Waals surface area contributed by atoms with E-state index in [1.54, 1.807) is 7.11 Å². The van der Waals surface area contributed by atoms with Crippen molar-refractivity contribution in [2.45, 2.75) is 19.4 Å². The number of ether oxygens (including phenoxy) is 1. The first-order chi connectivity index (χ1) is 10.0. The highest BCUT2D eigenvalue weighted by atomic mass is 127. The monoisotopic (exact) mass is 460 g/mol. The lowest BCUT2D eigenvalue weighted by molar-refractivity contribution is 0.405. The van der Waals surface area contributed by atoms with Crippen LogP contribution in [0.3, 0.4) is 0 Å². The van der Waals surface area contributed by atoms with Crippen LogP contribution in [-0.4, -0.2) is 7.11 Å². The number of benzene rings is 2. The molecular weight excluding hydrogens is 443 g/mol. The maximum Gasteiger partial charge on any atom is 0.122 e. The number of hydrogen-bond donors (Lipinski definition) is 2. The number of methoxy groups -OCH3 is 1. The summed E-state index contributed by atoms with van der Waals surface area (Å²) in [4.78, 5) is 0. The Morgan fingerprint density at radius 1 is 1.29 bits per heavy atom. The van der Waals surface area contributed by atoms with Gasteiger partial charge in [-0.2, -0.15) is 0 Å². The third-order valence-electron chi connectivity index (χ3n) is 3.39. The summed E-state index contributed by atoms with van der Waals surface area (Å²) in [6, 6.07) is 12.5. The van der Waals surface area contributed by atoms with Crippen LogP contribution >= 0.6 is 38.5 Å². The van der Waals surface area contributed by atoms with E-state index in [1.807, 2.05) is 6.07 Å². The van der Waals surface area contributed by atoms with Crippen LogP contribution in [0.2, 0.25) is 0 Å². The SMILES string of the molecule is COc1ccc(C)cc1CC(NN)c1cc(I)ccc1Br. The average molecular weight is 461 g/mol. The molecule has 0 aliphatic heterocycles. The summed E-state index contributed by atoms with van der Waals surface area (Å²) in [5, 5.41) is 0. The quantitative estimate of drug-likeness (QED) is 0.401. The van der Waals surface area contributed by atoms with Crippen LogP contribution in [0.25, 0.3) is 0 Å². The molecule has 0 bridgehead atoms. The van der Waals surface area contributed by atoms with Crippen molar-refractivity contribution < 1.29 is 4.74 Å². The number of rotatable bonds is 5. The molecule has 0 heterocycles. The molecule has 0 saturated heterocycles. The third-order valence-corrected chi connectivity index (χ3v) is 4.79. The molecule has 0 fully saturated rings. The van der Waals surface area contributed by atoms with Gasteiger partial charge in [-0.15, -0.1) is 0 Å². The van der Waals surface area contributed by atoms with Crippen molar-refractivity contribution >= 4 is 38.5 Å². The van der Waals surface area contributed by atoms with Gasteiger partial charge in [0, 0.05) is 8.04 Å². The Hall–Kier alpha value is -0.630. The van der Waals surface area contributed by atoms with Crippen molar-refractivity contribution in [1.82, 2.24) is 5.43 Å². The molecule has 0 radical (unpaired) electrons. The lowest BCUT2D eigenvalue weighted by Crippen LogP contribution is -2.30. The van der Waals surface area contributed by atoms with Gasteiger partial charge in [0.15, 0.2) is 0 Å². The first kappa shape index (κ1) is 16.7. The zero-order valence-electron chi connectivity index (χ0n) is 12.0.